The van der Waals surface area contributed by atoms with E-state index in [9.17, 15) is 4.79 Å². The van der Waals surface area contributed by atoms with Crippen LogP contribution in [0.4, 0.5) is 0 Å². The van der Waals surface area contributed by atoms with Gasteiger partial charge in [0.25, 0.3) is 0 Å². The summed E-state index contributed by atoms with van der Waals surface area (Å²) in [4.78, 5) is 12.1. The Morgan fingerprint density at radius 3 is 2.67 bits per heavy atom. The van der Waals surface area contributed by atoms with Crippen molar-refractivity contribution in [2.45, 2.75) is 31.6 Å². The second-order valence-corrected chi connectivity index (χ2v) is 5.74. The smallest absolute Gasteiger partial charge is 0.309 e. The number of ether oxygens (including phenoxy) is 1. The predicted molar refractivity (Wildman–Crippen MR) is 70.1 cm³/mol. The van der Waals surface area contributed by atoms with E-state index in [0.717, 1.165) is 12.3 Å². The largest absolute Gasteiger partial charge is 0.469 e. The minimum atomic E-state index is -0.00537. The third kappa shape index (κ3) is 1.94. The predicted octanol–water partition coefficient (Wildman–Crippen LogP) is 3.38. The van der Waals surface area contributed by atoms with Crippen molar-refractivity contribution < 1.29 is 9.53 Å². The van der Waals surface area contributed by atoms with E-state index in [4.69, 9.17) is 4.74 Å². The van der Waals surface area contributed by atoms with Crippen LogP contribution in [0.25, 0.3) is 0 Å². The van der Waals surface area contributed by atoms with Crippen LogP contribution in [0.3, 0.4) is 0 Å². The molecule has 18 heavy (non-hydrogen) atoms. The maximum Gasteiger partial charge on any atom is 0.309 e. The van der Waals surface area contributed by atoms with Crippen LogP contribution in [0.2, 0.25) is 0 Å². The zero-order valence-corrected chi connectivity index (χ0v) is 10.8. The Morgan fingerprint density at radius 2 is 1.94 bits per heavy atom. The molecule has 0 radical (unpaired) electrons. The zero-order chi connectivity index (χ0) is 12.5. The molecule has 0 amide bonds. The number of hydrogen-bond donors (Lipinski definition) is 0. The molecule has 2 fully saturated rings. The Bertz CT molecular complexity index is 426. The van der Waals surface area contributed by atoms with E-state index in [1.165, 1.54) is 31.9 Å². The number of hydrogen-bond acceptors (Lipinski definition) is 2. The fraction of sp³-hybridized carbons (Fsp3) is 0.562. The number of carbonyl (C=O) groups excluding carboxylic acids is 1. The molecular formula is C16H20O2. The van der Waals surface area contributed by atoms with Crippen molar-refractivity contribution in [2.24, 2.45) is 17.8 Å². The second-order valence-electron chi connectivity index (χ2n) is 5.74. The lowest BCUT2D eigenvalue weighted by Gasteiger charge is -2.35. The highest BCUT2D eigenvalue weighted by molar-refractivity contribution is 5.74. The lowest BCUT2D eigenvalue weighted by atomic mass is 9.69. The fourth-order valence-electron chi connectivity index (χ4n) is 4.02. The zero-order valence-electron chi connectivity index (χ0n) is 10.8. The first-order valence-electron chi connectivity index (χ1n) is 6.92. The standard InChI is InChI=1S/C16H20O2/c1-18-16(17)15-13-8-7-11(9-13)10-14(15)12-5-3-2-4-6-12/h2-6,11,13-15H,7-10H2,1H3. The quantitative estimate of drug-likeness (QED) is 0.745. The highest BCUT2D eigenvalue weighted by Gasteiger charge is 2.46. The molecule has 2 aliphatic rings. The average Bonchev–Trinajstić information content (AvgIpc) is 2.80. The van der Waals surface area contributed by atoms with Gasteiger partial charge in [0.2, 0.25) is 0 Å². The highest BCUT2D eigenvalue weighted by atomic mass is 16.5. The van der Waals surface area contributed by atoms with Gasteiger partial charge >= 0.3 is 5.97 Å². The second kappa shape index (κ2) is 4.75. The fourth-order valence-corrected chi connectivity index (χ4v) is 4.02. The van der Waals surface area contributed by atoms with Gasteiger partial charge in [-0.25, -0.2) is 0 Å². The Balaban J connectivity index is 1.93. The van der Waals surface area contributed by atoms with Gasteiger partial charge in [-0.2, -0.15) is 0 Å². The molecule has 4 atom stereocenters. The normalized spacial score (nSPS) is 34.3. The Kier molecular flexibility index (Phi) is 3.11. The maximum absolute atomic E-state index is 12.1. The van der Waals surface area contributed by atoms with Gasteiger partial charge in [-0.3, -0.25) is 4.79 Å². The van der Waals surface area contributed by atoms with Crippen molar-refractivity contribution in [3.8, 4) is 0 Å². The SMILES string of the molecule is COC(=O)C1C2CCC(C2)CC1c1ccccc1. The van der Waals surface area contributed by atoms with E-state index in [1.54, 1.807) is 0 Å². The van der Waals surface area contributed by atoms with Gasteiger partial charge in [-0.1, -0.05) is 36.8 Å². The molecule has 1 aromatic rings. The van der Waals surface area contributed by atoms with Crippen LogP contribution in [0.5, 0.6) is 0 Å². The van der Waals surface area contributed by atoms with Gasteiger partial charge in [-0.15, -0.1) is 0 Å². The molecule has 3 rings (SSSR count). The average molecular weight is 244 g/mol. The van der Waals surface area contributed by atoms with Crippen LogP contribution >= 0.6 is 0 Å². The monoisotopic (exact) mass is 244 g/mol. The first-order valence-corrected chi connectivity index (χ1v) is 6.92. The summed E-state index contributed by atoms with van der Waals surface area (Å²) < 4.78 is 5.05. The van der Waals surface area contributed by atoms with E-state index in [1.807, 2.05) is 6.07 Å². The Labute approximate surface area is 108 Å². The van der Waals surface area contributed by atoms with Crippen molar-refractivity contribution in [3.05, 3.63) is 35.9 Å². The van der Waals surface area contributed by atoms with Crippen molar-refractivity contribution in [1.82, 2.24) is 0 Å². The van der Waals surface area contributed by atoms with Crippen molar-refractivity contribution in [3.63, 3.8) is 0 Å². The van der Waals surface area contributed by atoms with Crippen LogP contribution in [0.15, 0.2) is 30.3 Å². The Hall–Kier alpha value is -1.31. The number of benzene rings is 1. The first kappa shape index (κ1) is 11.8. The van der Waals surface area contributed by atoms with E-state index in [2.05, 4.69) is 24.3 Å². The van der Waals surface area contributed by atoms with Crippen LogP contribution in [-0.4, -0.2) is 13.1 Å². The molecule has 2 nitrogen and oxygen atoms in total. The molecule has 0 heterocycles. The molecule has 2 bridgehead atoms. The molecule has 1 aromatic carbocycles. The van der Waals surface area contributed by atoms with E-state index >= 15 is 0 Å². The lowest BCUT2D eigenvalue weighted by molar-refractivity contribution is -0.149. The Morgan fingerprint density at radius 1 is 1.17 bits per heavy atom. The number of rotatable bonds is 2. The number of methoxy groups -OCH3 is 1. The molecule has 96 valence electrons. The molecule has 0 aliphatic heterocycles. The molecule has 2 aliphatic carbocycles. The van der Waals surface area contributed by atoms with Crippen molar-refractivity contribution in [2.75, 3.05) is 7.11 Å². The molecular weight excluding hydrogens is 224 g/mol. The molecule has 0 saturated heterocycles. The summed E-state index contributed by atoms with van der Waals surface area (Å²) in [7, 11) is 1.52. The van der Waals surface area contributed by atoms with Crippen LogP contribution in [-0.2, 0) is 9.53 Å². The topological polar surface area (TPSA) is 26.3 Å². The van der Waals surface area contributed by atoms with E-state index in [-0.39, 0.29) is 11.9 Å². The van der Waals surface area contributed by atoms with Gasteiger partial charge in [-0.05, 0) is 42.6 Å². The van der Waals surface area contributed by atoms with Crippen LogP contribution in [0.1, 0.15) is 37.2 Å². The minimum absolute atomic E-state index is 0.00537. The maximum atomic E-state index is 12.1. The van der Waals surface area contributed by atoms with Gasteiger partial charge in [0.1, 0.15) is 0 Å². The summed E-state index contributed by atoms with van der Waals surface area (Å²) in [6.45, 7) is 0. The summed E-state index contributed by atoms with van der Waals surface area (Å²) in [6.07, 6.45) is 4.87. The summed E-state index contributed by atoms with van der Waals surface area (Å²) in [5.74, 6) is 1.80. The van der Waals surface area contributed by atoms with E-state index in [0.29, 0.717) is 11.8 Å². The third-order valence-electron chi connectivity index (χ3n) is 4.81. The first-order chi connectivity index (χ1) is 8.79. The minimum Gasteiger partial charge on any atom is -0.469 e. The number of fused-ring (bicyclic) bond motifs is 2. The summed E-state index contributed by atoms with van der Waals surface area (Å²) >= 11 is 0. The van der Waals surface area contributed by atoms with E-state index < -0.39 is 0 Å². The summed E-state index contributed by atoms with van der Waals surface area (Å²) in [6, 6.07) is 10.5. The molecule has 4 unspecified atom stereocenters. The van der Waals surface area contributed by atoms with Gasteiger partial charge in [0.05, 0.1) is 13.0 Å². The molecule has 0 aromatic heterocycles. The van der Waals surface area contributed by atoms with Crippen LogP contribution in [0, 0.1) is 17.8 Å². The van der Waals surface area contributed by atoms with Gasteiger partial charge in [0.15, 0.2) is 0 Å². The molecule has 2 saturated carbocycles. The summed E-state index contributed by atoms with van der Waals surface area (Å²) in [5.41, 5.74) is 1.31. The van der Waals surface area contributed by atoms with Crippen LogP contribution < -0.4 is 0 Å². The third-order valence-corrected chi connectivity index (χ3v) is 4.81. The van der Waals surface area contributed by atoms with Crippen molar-refractivity contribution in [1.29, 1.82) is 0 Å². The molecule has 0 spiro atoms. The molecule has 2 heteroatoms. The summed E-state index contributed by atoms with van der Waals surface area (Å²) in [5, 5.41) is 0. The number of carbonyl (C=O) groups is 1. The highest BCUT2D eigenvalue weighted by Crippen LogP contribution is 2.52. The number of esters is 1. The lowest BCUT2D eigenvalue weighted by Crippen LogP contribution is -2.33. The molecule has 0 N–H and O–H groups in total. The van der Waals surface area contributed by atoms with Gasteiger partial charge < -0.3 is 4.74 Å². The van der Waals surface area contributed by atoms with Crippen molar-refractivity contribution >= 4 is 5.97 Å². The van der Waals surface area contributed by atoms with Gasteiger partial charge in [0, 0.05) is 0 Å².